The Morgan fingerprint density at radius 2 is 1.70 bits per heavy atom. The van der Waals surface area contributed by atoms with Crippen molar-refractivity contribution in [3.8, 4) is 0 Å². The second kappa shape index (κ2) is 6.54. The Morgan fingerprint density at radius 1 is 1.04 bits per heavy atom. The Kier molecular flexibility index (Phi) is 4.48. The van der Waals surface area contributed by atoms with Gasteiger partial charge < -0.3 is 0 Å². The Labute approximate surface area is 139 Å². The number of urea groups is 1. The Balaban J connectivity index is 1.67. The van der Waals surface area contributed by atoms with E-state index in [1.807, 2.05) is 12.1 Å². The van der Waals surface area contributed by atoms with Gasteiger partial charge in [0, 0.05) is 17.6 Å². The average Bonchev–Trinajstić information content (AvgIpc) is 3.12. The summed E-state index contributed by atoms with van der Waals surface area (Å²) in [6.45, 7) is 0.0925. The molecule has 2 fully saturated rings. The third kappa shape index (κ3) is 3.15. The number of halogens is 1. The second-order valence-electron chi connectivity index (χ2n) is 5.77. The van der Waals surface area contributed by atoms with Gasteiger partial charge in [-0.15, -0.1) is 0 Å². The lowest BCUT2D eigenvalue weighted by Crippen LogP contribution is -2.39. The van der Waals surface area contributed by atoms with E-state index in [0.717, 1.165) is 41.0 Å². The summed E-state index contributed by atoms with van der Waals surface area (Å²) in [5.41, 5.74) is 0.910. The maximum Gasteiger partial charge on any atom is 0.334 e. The number of carbonyl (C=O) groups excluding carboxylic acids is 3. The number of amides is 4. The minimum Gasteiger partial charge on any atom is -0.263 e. The van der Waals surface area contributed by atoms with E-state index < -0.39 is 17.8 Å². The molecule has 0 bridgehead atoms. The zero-order chi connectivity index (χ0) is 16.4. The fourth-order valence-corrected chi connectivity index (χ4v) is 3.16. The van der Waals surface area contributed by atoms with Gasteiger partial charge in [0.15, 0.2) is 0 Å². The standard InChI is InChI=1S/C17H17ClN2O3/c18-13-9-7-12(8-10-13)4-3-11-19-15(21)16(22)20(17(19)23)14-5-1-2-6-14/h3-4,7-10,14H,1-2,5-6,11H2/b4-3+. The van der Waals surface area contributed by atoms with Crippen molar-refractivity contribution >= 4 is 35.5 Å². The number of hydrogen-bond acceptors (Lipinski definition) is 3. The average molecular weight is 333 g/mol. The predicted octanol–water partition coefficient (Wildman–Crippen LogP) is 3.09. The maximum absolute atomic E-state index is 12.4. The van der Waals surface area contributed by atoms with Crippen LogP contribution in [0.2, 0.25) is 5.02 Å². The van der Waals surface area contributed by atoms with Crippen LogP contribution < -0.4 is 0 Å². The molecule has 2 aliphatic rings. The summed E-state index contributed by atoms with van der Waals surface area (Å²) in [6.07, 6.45) is 7.06. The van der Waals surface area contributed by atoms with Gasteiger partial charge >= 0.3 is 17.8 Å². The summed E-state index contributed by atoms with van der Waals surface area (Å²) in [7, 11) is 0. The molecular weight excluding hydrogens is 316 g/mol. The van der Waals surface area contributed by atoms with Crippen LogP contribution in [0.3, 0.4) is 0 Å². The molecule has 0 atom stereocenters. The summed E-state index contributed by atoms with van der Waals surface area (Å²) in [5, 5.41) is 0.643. The normalized spacial score (nSPS) is 19.6. The topological polar surface area (TPSA) is 57.7 Å². The van der Waals surface area contributed by atoms with E-state index in [0.29, 0.717) is 5.02 Å². The minimum atomic E-state index is -0.734. The molecule has 4 amide bonds. The van der Waals surface area contributed by atoms with E-state index in [4.69, 9.17) is 11.6 Å². The lowest BCUT2D eigenvalue weighted by atomic mass is 10.2. The fraction of sp³-hybridized carbons (Fsp3) is 0.353. The van der Waals surface area contributed by atoms with Gasteiger partial charge in [-0.25, -0.2) is 4.79 Å². The first-order valence-corrected chi connectivity index (χ1v) is 8.07. The van der Waals surface area contributed by atoms with Gasteiger partial charge in [0.05, 0.1) is 0 Å². The molecule has 5 nitrogen and oxygen atoms in total. The molecule has 1 aromatic carbocycles. The van der Waals surface area contributed by atoms with Crippen LogP contribution in [0.25, 0.3) is 6.08 Å². The molecule has 0 unspecified atom stereocenters. The molecule has 1 aromatic rings. The van der Waals surface area contributed by atoms with Crippen LogP contribution in [-0.2, 0) is 9.59 Å². The van der Waals surface area contributed by atoms with E-state index in [1.165, 1.54) is 0 Å². The molecule has 0 radical (unpaired) electrons. The van der Waals surface area contributed by atoms with Gasteiger partial charge in [0.1, 0.15) is 0 Å². The van der Waals surface area contributed by atoms with E-state index >= 15 is 0 Å². The van der Waals surface area contributed by atoms with Gasteiger partial charge in [-0.05, 0) is 30.5 Å². The van der Waals surface area contributed by atoms with Crippen LogP contribution in [0.15, 0.2) is 30.3 Å². The van der Waals surface area contributed by atoms with Crippen LogP contribution in [0.1, 0.15) is 31.2 Å². The number of imide groups is 2. The van der Waals surface area contributed by atoms with Gasteiger partial charge in [0.25, 0.3) is 0 Å². The van der Waals surface area contributed by atoms with E-state index in [1.54, 1.807) is 24.3 Å². The molecule has 120 valence electrons. The van der Waals surface area contributed by atoms with E-state index in [9.17, 15) is 14.4 Å². The lowest BCUT2D eigenvalue weighted by Gasteiger charge is -2.20. The highest BCUT2D eigenvalue weighted by atomic mass is 35.5. The third-order valence-electron chi connectivity index (χ3n) is 4.24. The minimum absolute atomic E-state index is 0.0925. The highest BCUT2D eigenvalue weighted by molar-refractivity contribution is 6.44. The second-order valence-corrected chi connectivity index (χ2v) is 6.20. The van der Waals surface area contributed by atoms with Crippen molar-refractivity contribution in [2.24, 2.45) is 0 Å². The first kappa shape index (κ1) is 15.7. The first-order chi connectivity index (χ1) is 11.1. The number of hydrogen-bond donors (Lipinski definition) is 0. The molecule has 1 saturated heterocycles. The molecule has 1 saturated carbocycles. The Bertz CT molecular complexity index is 663. The lowest BCUT2D eigenvalue weighted by molar-refractivity contribution is -0.143. The Morgan fingerprint density at radius 3 is 2.35 bits per heavy atom. The summed E-state index contributed by atoms with van der Waals surface area (Å²) >= 11 is 5.82. The molecule has 1 aliphatic heterocycles. The summed E-state index contributed by atoms with van der Waals surface area (Å²) in [5.74, 6) is -1.43. The molecule has 1 aliphatic carbocycles. The number of nitrogens with zero attached hydrogens (tertiary/aromatic N) is 2. The monoisotopic (exact) mass is 332 g/mol. The van der Waals surface area contributed by atoms with Gasteiger partial charge in [-0.1, -0.05) is 48.7 Å². The molecule has 0 spiro atoms. The van der Waals surface area contributed by atoms with Crippen molar-refractivity contribution in [2.45, 2.75) is 31.7 Å². The van der Waals surface area contributed by atoms with Crippen molar-refractivity contribution in [3.63, 3.8) is 0 Å². The number of rotatable bonds is 4. The molecule has 23 heavy (non-hydrogen) atoms. The zero-order valence-electron chi connectivity index (χ0n) is 12.6. The van der Waals surface area contributed by atoms with Gasteiger partial charge in [-0.2, -0.15) is 0 Å². The van der Waals surface area contributed by atoms with Crippen LogP contribution in [-0.4, -0.2) is 40.2 Å². The molecule has 3 rings (SSSR count). The zero-order valence-corrected chi connectivity index (χ0v) is 13.3. The van der Waals surface area contributed by atoms with Crippen molar-refractivity contribution in [2.75, 3.05) is 6.54 Å². The highest BCUT2D eigenvalue weighted by Gasteiger charge is 2.47. The smallest absolute Gasteiger partial charge is 0.263 e. The van der Waals surface area contributed by atoms with Crippen LogP contribution in [0, 0.1) is 0 Å². The van der Waals surface area contributed by atoms with Gasteiger partial charge in [-0.3, -0.25) is 19.4 Å². The van der Waals surface area contributed by atoms with Crippen molar-refractivity contribution in [3.05, 3.63) is 40.9 Å². The number of benzene rings is 1. The maximum atomic E-state index is 12.4. The SMILES string of the molecule is O=C1C(=O)N(C2CCCC2)C(=O)N1C/C=C/c1ccc(Cl)cc1. The first-order valence-electron chi connectivity index (χ1n) is 7.69. The molecule has 0 aromatic heterocycles. The molecule has 6 heteroatoms. The van der Waals surface area contributed by atoms with Crippen LogP contribution in [0.5, 0.6) is 0 Å². The highest BCUT2D eigenvalue weighted by Crippen LogP contribution is 2.27. The predicted molar refractivity (Wildman–Crippen MR) is 86.7 cm³/mol. The van der Waals surface area contributed by atoms with E-state index in [2.05, 4.69) is 0 Å². The van der Waals surface area contributed by atoms with Gasteiger partial charge in [0.2, 0.25) is 0 Å². The van der Waals surface area contributed by atoms with E-state index in [-0.39, 0.29) is 12.6 Å². The third-order valence-corrected chi connectivity index (χ3v) is 4.49. The van der Waals surface area contributed by atoms with Crippen LogP contribution >= 0.6 is 11.6 Å². The summed E-state index contributed by atoms with van der Waals surface area (Å²) in [4.78, 5) is 38.6. The largest absolute Gasteiger partial charge is 0.334 e. The van der Waals surface area contributed by atoms with Crippen molar-refractivity contribution in [1.29, 1.82) is 0 Å². The Hall–Kier alpha value is -2.14. The van der Waals surface area contributed by atoms with Crippen molar-refractivity contribution in [1.82, 2.24) is 9.80 Å². The summed E-state index contributed by atoms with van der Waals surface area (Å²) in [6, 6.07) is 6.58. The quantitative estimate of drug-likeness (QED) is 0.629. The van der Waals surface area contributed by atoms with Crippen LogP contribution in [0.4, 0.5) is 4.79 Å². The molecule has 0 N–H and O–H groups in total. The van der Waals surface area contributed by atoms with Crippen molar-refractivity contribution < 1.29 is 14.4 Å². The summed E-state index contributed by atoms with van der Waals surface area (Å²) < 4.78 is 0. The fourth-order valence-electron chi connectivity index (χ4n) is 3.04. The number of carbonyl (C=O) groups is 3. The molecule has 1 heterocycles. The molecular formula is C17H17ClN2O3.